The number of amides is 1. The summed E-state index contributed by atoms with van der Waals surface area (Å²) in [4.78, 5) is 13.9. The summed E-state index contributed by atoms with van der Waals surface area (Å²) >= 11 is 0. The molecule has 0 atom stereocenters. The average molecular weight is 336 g/mol. The van der Waals surface area contributed by atoms with E-state index in [9.17, 15) is 13.2 Å². The third kappa shape index (κ3) is 9.25. The Bertz CT molecular complexity index is 447. The number of hydrogen-bond donors (Lipinski definition) is 1. The summed E-state index contributed by atoms with van der Waals surface area (Å²) in [6.45, 7) is 14.3. The monoisotopic (exact) mass is 336 g/mol. The second kappa shape index (κ2) is 8.15. The molecule has 0 aliphatic rings. The molecule has 1 amide bonds. The molecule has 0 rings (SSSR count). The van der Waals surface area contributed by atoms with Crippen molar-refractivity contribution in [3.63, 3.8) is 0 Å². The number of sulfone groups is 1. The Morgan fingerprint density at radius 1 is 1.09 bits per heavy atom. The molecular weight excluding hydrogens is 304 g/mol. The van der Waals surface area contributed by atoms with Gasteiger partial charge in [-0.3, -0.25) is 0 Å². The van der Waals surface area contributed by atoms with Crippen LogP contribution in [0.1, 0.15) is 48.5 Å². The van der Waals surface area contributed by atoms with Gasteiger partial charge in [-0.1, -0.05) is 6.92 Å². The van der Waals surface area contributed by atoms with Crippen LogP contribution in [-0.2, 0) is 14.6 Å². The number of nitrogens with one attached hydrogen (secondary N) is 1. The molecule has 132 valence electrons. The van der Waals surface area contributed by atoms with Gasteiger partial charge in [-0.25, -0.2) is 13.2 Å². The first-order chi connectivity index (χ1) is 9.78. The SMILES string of the molecule is CCS(=O)(=O)CCNCCN(C(=O)OC(C)(C)C)C(C)(C)C. The molecule has 0 fully saturated rings. The van der Waals surface area contributed by atoms with E-state index in [0.717, 1.165) is 0 Å². The van der Waals surface area contributed by atoms with Crippen molar-refractivity contribution in [1.29, 1.82) is 0 Å². The van der Waals surface area contributed by atoms with E-state index >= 15 is 0 Å². The first kappa shape index (κ1) is 21.2. The Labute approximate surface area is 135 Å². The van der Waals surface area contributed by atoms with Crippen molar-refractivity contribution in [3.8, 4) is 0 Å². The van der Waals surface area contributed by atoms with Crippen molar-refractivity contribution < 1.29 is 17.9 Å². The van der Waals surface area contributed by atoms with Crippen LogP contribution < -0.4 is 5.32 Å². The summed E-state index contributed by atoms with van der Waals surface area (Å²) < 4.78 is 28.2. The third-order valence-corrected chi connectivity index (χ3v) is 4.67. The standard InChI is InChI=1S/C15H32N2O4S/c1-8-22(19,20)12-10-16-9-11-17(14(2,3)4)13(18)21-15(5,6)7/h16H,8-12H2,1-7H3. The smallest absolute Gasteiger partial charge is 0.410 e. The normalized spacial score (nSPS) is 13.0. The van der Waals surface area contributed by atoms with Crippen molar-refractivity contribution >= 4 is 15.9 Å². The molecule has 7 heteroatoms. The zero-order valence-electron chi connectivity index (χ0n) is 15.0. The van der Waals surface area contributed by atoms with Gasteiger partial charge in [-0.05, 0) is 41.5 Å². The fourth-order valence-corrected chi connectivity index (χ4v) is 2.45. The van der Waals surface area contributed by atoms with Crippen LogP contribution >= 0.6 is 0 Å². The Kier molecular flexibility index (Phi) is 7.85. The molecule has 22 heavy (non-hydrogen) atoms. The van der Waals surface area contributed by atoms with E-state index < -0.39 is 15.4 Å². The number of rotatable bonds is 7. The highest BCUT2D eigenvalue weighted by molar-refractivity contribution is 7.91. The average Bonchev–Trinajstić information content (AvgIpc) is 2.29. The zero-order chi connectivity index (χ0) is 17.6. The molecule has 0 aromatic rings. The minimum absolute atomic E-state index is 0.117. The lowest BCUT2D eigenvalue weighted by molar-refractivity contribution is 0.00668. The molecule has 0 aromatic carbocycles. The van der Waals surface area contributed by atoms with E-state index in [1.165, 1.54) is 0 Å². The zero-order valence-corrected chi connectivity index (χ0v) is 15.8. The summed E-state index contributed by atoms with van der Waals surface area (Å²) in [7, 11) is -2.96. The van der Waals surface area contributed by atoms with Gasteiger partial charge < -0.3 is 15.0 Å². The van der Waals surface area contributed by atoms with Crippen LogP contribution in [-0.4, -0.2) is 61.7 Å². The van der Waals surface area contributed by atoms with E-state index in [1.807, 2.05) is 41.5 Å². The number of ether oxygens (including phenoxy) is 1. The summed E-state index contributed by atoms with van der Waals surface area (Å²) in [6.07, 6.45) is -0.358. The second-order valence-corrected chi connectivity index (χ2v) is 9.76. The maximum absolute atomic E-state index is 12.3. The lowest BCUT2D eigenvalue weighted by Gasteiger charge is -2.36. The first-order valence-electron chi connectivity index (χ1n) is 7.70. The number of hydrogen-bond acceptors (Lipinski definition) is 5. The highest BCUT2D eigenvalue weighted by Gasteiger charge is 2.30. The van der Waals surface area contributed by atoms with Crippen molar-refractivity contribution in [2.24, 2.45) is 0 Å². The molecule has 0 aliphatic carbocycles. The van der Waals surface area contributed by atoms with Gasteiger partial charge >= 0.3 is 6.09 Å². The molecular formula is C15H32N2O4S. The van der Waals surface area contributed by atoms with Crippen molar-refractivity contribution in [2.45, 2.75) is 59.6 Å². The van der Waals surface area contributed by atoms with Crippen LogP contribution in [0.4, 0.5) is 4.79 Å². The predicted molar refractivity (Wildman–Crippen MR) is 89.9 cm³/mol. The first-order valence-corrected chi connectivity index (χ1v) is 9.52. The quantitative estimate of drug-likeness (QED) is 0.720. The van der Waals surface area contributed by atoms with E-state index in [1.54, 1.807) is 11.8 Å². The molecule has 0 bridgehead atoms. The maximum Gasteiger partial charge on any atom is 0.410 e. The van der Waals surface area contributed by atoms with Gasteiger partial charge in [0.15, 0.2) is 9.84 Å². The van der Waals surface area contributed by atoms with Crippen molar-refractivity contribution in [3.05, 3.63) is 0 Å². The molecule has 0 aromatic heterocycles. The number of carbonyl (C=O) groups is 1. The molecule has 0 unspecified atom stereocenters. The molecule has 0 radical (unpaired) electrons. The Morgan fingerprint density at radius 3 is 2.05 bits per heavy atom. The lowest BCUT2D eigenvalue weighted by Crippen LogP contribution is -2.50. The van der Waals surface area contributed by atoms with Crippen LogP contribution in [0.15, 0.2) is 0 Å². The molecule has 1 N–H and O–H groups in total. The fourth-order valence-electron chi connectivity index (χ4n) is 1.71. The highest BCUT2D eigenvalue weighted by Crippen LogP contribution is 2.17. The van der Waals surface area contributed by atoms with Gasteiger partial charge in [-0.2, -0.15) is 0 Å². The van der Waals surface area contributed by atoms with Crippen LogP contribution in [0.5, 0.6) is 0 Å². The minimum Gasteiger partial charge on any atom is -0.444 e. The lowest BCUT2D eigenvalue weighted by atomic mass is 10.1. The maximum atomic E-state index is 12.3. The third-order valence-electron chi connectivity index (χ3n) is 2.97. The number of nitrogens with zero attached hydrogens (tertiary/aromatic N) is 1. The Hall–Kier alpha value is -0.820. The largest absolute Gasteiger partial charge is 0.444 e. The summed E-state index contributed by atoms with van der Waals surface area (Å²) in [5.41, 5.74) is -0.900. The van der Waals surface area contributed by atoms with Crippen molar-refractivity contribution in [2.75, 3.05) is 31.1 Å². The van der Waals surface area contributed by atoms with Crippen molar-refractivity contribution in [1.82, 2.24) is 10.2 Å². The van der Waals surface area contributed by atoms with Gasteiger partial charge in [-0.15, -0.1) is 0 Å². The molecule has 6 nitrogen and oxygen atoms in total. The van der Waals surface area contributed by atoms with Gasteiger partial charge in [0, 0.05) is 30.9 Å². The van der Waals surface area contributed by atoms with Gasteiger partial charge in [0.1, 0.15) is 5.60 Å². The van der Waals surface area contributed by atoms with E-state index in [0.29, 0.717) is 19.6 Å². The summed E-state index contributed by atoms with van der Waals surface area (Å²) in [5, 5.41) is 3.07. The topological polar surface area (TPSA) is 75.7 Å². The second-order valence-electron chi connectivity index (χ2n) is 7.29. The predicted octanol–water partition coefficient (Wildman–Crippen LogP) is 2.05. The Morgan fingerprint density at radius 2 is 1.64 bits per heavy atom. The van der Waals surface area contributed by atoms with Crippen LogP contribution in [0.3, 0.4) is 0 Å². The van der Waals surface area contributed by atoms with Gasteiger partial charge in [0.2, 0.25) is 0 Å². The van der Waals surface area contributed by atoms with Gasteiger partial charge in [0.25, 0.3) is 0 Å². The van der Waals surface area contributed by atoms with E-state index in [-0.39, 0.29) is 23.1 Å². The minimum atomic E-state index is -2.96. The molecule has 0 heterocycles. The molecule has 0 aliphatic heterocycles. The summed E-state index contributed by atoms with van der Waals surface area (Å²) in [5.74, 6) is 0.270. The molecule has 0 saturated heterocycles. The van der Waals surface area contributed by atoms with E-state index in [4.69, 9.17) is 4.74 Å². The molecule has 0 saturated carbocycles. The summed E-state index contributed by atoms with van der Waals surface area (Å²) in [6, 6.07) is 0. The van der Waals surface area contributed by atoms with Gasteiger partial charge in [0.05, 0.1) is 5.75 Å². The van der Waals surface area contributed by atoms with E-state index in [2.05, 4.69) is 5.32 Å². The van der Waals surface area contributed by atoms with Crippen LogP contribution in [0.25, 0.3) is 0 Å². The molecule has 0 spiro atoms. The Balaban J connectivity index is 4.43. The highest BCUT2D eigenvalue weighted by atomic mass is 32.2. The number of carbonyl (C=O) groups excluding carboxylic acids is 1. The van der Waals surface area contributed by atoms with Crippen LogP contribution in [0.2, 0.25) is 0 Å². The fraction of sp³-hybridized carbons (Fsp3) is 0.933. The van der Waals surface area contributed by atoms with Crippen LogP contribution in [0, 0.1) is 0 Å².